The van der Waals surface area contributed by atoms with Crippen LogP contribution in [-0.4, -0.2) is 15.8 Å². The zero-order valence-electron chi connectivity index (χ0n) is 9.05. The first-order valence-electron chi connectivity index (χ1n) is 4.92. The van der Waals surface area contributed by atoms with E-state index in [9.17, 15) is 4.79 Å². The van der Waals surface area contributed by atoms with Crippen molar-refractivity contribution in [3.05, 3.63) is 47.2 Å². The van der Waals surface area contributed by atoms with Gasteiger partial charge in [0.25, 0.3) is 0 Å². The minimum absolute atomic E-state index is 0.00455. The Balaban J connectivity index is 2.20. The summed E-state index contributed by atoms with van der Waals surface area (Å²) in [6.07, 6.45) is 3.24. The SMILES string of the molecule is CC(=O)c1ccc(Sc2ncccc2Cl)nc1. The maximum Gasteiger partial charge on any atom is 0.161 e. The molecule has 0 bridgehead atoms. The zero-order valence-corrected chi connectivity index (χ0v) is 10.6. The van der Waals surface area contributed by atoms with Crippen molar-refractivity contribution >= 4 is 29.1 Å². The first kappa shape index (κ1) is 12.1. The summed E-state index contributed by atoms with van der Waals surface area (Å²) in [5.41, 5.74) is 0.599. The van der Waals surface area contributed by atoms with E-state index in [1.807, 2.05) is 0 Å². The highest BCUT2D eigenvalue weighted by atomic mass is 35.5. The minimum Gasteiger partial charge on any atom is -0.294 e. The predicted octanol–water partition coefficient (Wildman–Crippen LogP) is 3.48. The number of halogens is 1. The Kier molecular flexibility index (Phi) is 3.76. The summed E-state index contributed by atoms with van der Waals surface area (Å²) in [5, 5.41) is 2.06. The second kappa shape index (κ2) is 5.29. The highest BCUT2D eigenvalue weighted by Crippen LogP contribution is 2.29. The van der Waals surface area contributed by atoms with Gasteiger partial charge in [-0.15, -0.1) is 0 Å². The summed E-state index contributed by atoms with van der Waals surface area (Å²) in [5.74, 6) is 0.00455. The van der Waals surface area contributed by atoms with Crippen LogP contribution < -0.4 is 0 Å². The smallest absolute Gasteiger partial charge is 0.161 e. The second-order valence-electron chi connectivity index (χ2n) is 3.33. The fourth-order valence-corrected chi connectivity index (χ4v) is 2.15. The van der Waals surface area contributed by atoms with Gasteiger partial charge in [-0.1, -0.05) is 11.6 Å². The third kappa shape index (κ3) is 3.05. The monoisotopic (exact) mass is 264 g/mol. The number of carbonyl (C=O) groups is 1. The first-order valence-corrected chi connectivity index (χ1v) is 6.11. The summed E-state index contributed by atoms with van der Waals surface area (Å²) < 4.78 is 0. The number of Topliss-reactive ketones (excluding diaryl/α,β-unsaturated/α-hetero) is 1. The first-order chi connectivity index (χ1) is 8.16. The topological polar surface area (TPSA) is 42.9 Å². The van der Waals surface area contributed by atoms with Gasteiger partial charge in [-0.05, 0) is 43.0 Å². The predicted molar refractivity (Wildman–Crippen MR) is 67.6 cm³/mol. The van der Waals surface area contributed by atoms with E-state index in [0.29, 0.717) is 15.6 Å². The molecular weight excluding hydrogens is 256 g/mol. The van der Waals surface area contributed by atoms with E-state index in [0.717, 1.165) is 5.03 Å². The molecule has 0 saturated heterocycles. The van der Waals surface area contributed by atoms with Gasteiger partial charge in [0.1, 0.15) is 10.1 Å². The van der Waals surface area contributed by atoms with Crippen molar-refractivity contribution in [2.24, 2.45) is 0 Å². The molecular formula is C12H9ClN2OS. The molecule has 0 radical (unpaired) electrons. The lowest BCUT2D eigenvalue weighted by Gasteiger charge is -2.02. The highest BCUT2D eigenvalue weighted by molar-refractivity contribution is 7.99. The summed E-state index contributed by atoms with van der Waals surface area (Å²) in [7, 11) is 0. The molecule has 0 saturated carbocycles. The quantitative estimate of drug-likeness (QED) is 0.796. The van der Waals surface area contributed by atoms with E-state index in [1.54, 1.807) is 36.7 Å². The maximum absolute atomic E-state index is 11.1. The maximum atomic E-state index is 11.1. The molecule has 0 fully saturated rings. The summed E-state index contributed by atoms with van der Waals surface area (Å²) in [4.78, 5) is 19.4. The molecule has 2 rings (SSSR count). The molecule has 0 aliphatic rings. The molecule has 0 aliphatic carbocycles. The number of carbonyl (C=O) groups excluding carboxylic acids is 1. The van der Waals surface area contributed by atoms with E-state index in [4.69, 9.17) is 11.6 Å². The third-order valence-electron chi connectivity index (χ3n) is 2.07. The molecule has 0 aliphatic heterocycles. The van der Waals surface area contributed by atoms with Crippen LogP contribution in [0.4, 0.5) is 0 Å². The van der Waals surface area contributed by atoms with E-state index in [1.165, 1.54) is 18.7 Å². The van der Waals surface area contributed by atoms with Crippen molar-refractivity contribution in [1.82, 2.24) is 9.97 Å². The van der Waals surface area contributed by atoms with Gasteiger partial charge >= 0.3 is 0 Å². The van der Waals surface area contributed by atoms with Crippen molar-refractivity contribution in [1.29, 1.82) is 0 Å². The lowest BCUT2D eigenvalue weighted by atomic mass is 10.2. The molecule has 0 atom stereocenters. The van der Waals surface area contributed by atoms with Gasteiger partial charge < -0.3 is 0 Å². The molecule has 0 amide bonds. The normalized spacial score (nSPS) is 10.2. The summed E-state index contributed by atoms with van der Waals surface area (Å²) in [6, 6.07) is 7.08. The van der Waals surface area contributed by atoms with Crippen molar-refractivity contribution in [3.8, 4) is 0 Å². The van der Waals surface area contributed by atoms with E-state index >= 15 is 0 Å². The average molecular weight is 265 g/mol. The molecule has 0 N–H and O–H groups in total. The number of pyridine rings is 2. The van der Waals surface area contributed by atoms with Gasteiger partial charge in [0.15, 0.2) is 5.78 Å². The van der Waals surface area contributed by atoms with Gasteiger partial charge in [-0.2, -0.15) is 0 Å². The third-order valence-corrected chi connectivity index (χ3v) is 3.46. The lowest BCUT2D eigenvalue weighted by molar-refractivity contribution is 0.101. The van der Waals surface area contributed by atoms with Crippen LogP contribution in [0.15, 0.2) is 46.7 Å². The Morgan fingerprint density at radius 2 is 2.12 bits per heavy atom. The summed E-state index contributed by atoms with van der Waals surface area (Å²) >= 11 is 7.36. The molecule has 5 heteroatoms. The van der Waals surface area contributed by atoms with Gasteiger partial charge in [-0.3, -0.25) is 4.79 Å². The van der Waals surface area contributed by atoms with E-state index < -0.39 is 0 Å². The second-order valence-corrected chi connectivity index (χ2v) is 4.75. The molecule has 0 unspecified atom stereocenters. The molecule has 86 valence electrons. The molecule has 0 spiro atoms. The number of rotatable bonds is 3. The van der Waals surface area contributed by atoms with Crippen molar-refractivity contribution in [2.45, 2.75) is 17.0 Å². The van der Waals surface area contributed by atoms with Crippen LogP contribution in [0.5, 0.6) is 0 Å². The van der Waals surface area contributed by atoms with Crippen molar-refractivity contribution < 1.29 is 4.79 Å². The van der Waals surface area contributed by atoms with Gasteiger partial charge in [-0.25, -0.2) is 9.97 Å². The van der Waals surface area contributed by atoms with Crippen LogP contribution in [0, 0.1) is 0 Å². The lowest BCUT2D eigenvalue weighted by Crippen LogP contribution is -1.93. The Morgan fingerprint density at radius 3 is 2.71 bits per heavy atom. The Hall–Kier alpha value is -1.39. The molecule has 0 aromatic carbocycles. The van der Waals surface area contributed by atoms with Crippen LogP contribution in [0.2, 0.25) is 5.02 Å². The van der Waals surface area contributed by atoms with Crippen LogP contribution in [0.1, 0.15) is 17.3 Å². The van der Waals surface area contributed by atoms with Crippen molar-refractivity contribution in [2.75, 3.05) is 0 Å². The molecule has 2 heterocycles. The fraction of sp³-hybridized carbons (Fsp3) is 0.0833. The summed E-state index contributed by atoms with van der Waals surface area (Å²) in [6.45, 7) is 1.51. The number of nitrogens with zero attached hydrogens (tertiary/aromatic N) is 2. The Bertz CT molecular complexity index is 542. The Morgan fingerprint density at radius 1 is 1.29 bits per heavy atom. The molecule has 2 aromatic rings. The average Bonchev–Trinajstić information content (AvgIpc) is 2.33. The van der Waals surface area contributed by atoms with Crippen LogP contribution in [0.3, 0.4) is 0 Å². The number of hydrogen-bond acceptors (Lipinski definition) is 4. The number of ketones is 1. The Labute approximate surface area is 108 Å². The zero-order chi connectivity index (χ0) is 12.3. The van der Waals surface area contributed by atoms with Crippen LogP contribution in [0.25, 0.3) is 0 Å². The van der Waals surface area contributed by atoms with Gasteiger partial charge in [0.2, 0.25) is 0 Å². The van der Waals surface area contributed by atoms with Crippen molar-refractivity contribution in [3.63, 3.8) is 0 Å². The number of hydrogen-bond donors (Lipinski definition) is 0. The largest absolute Gasteiger partial charge is 0.294 e. The van der Waals surface area contributed by atoms with Crippen LogP contribution >= 0.6 is 23.4 Å². The molecule has 3 nitrogen and oxygen atoms in total. The van der Waals surface area contributed by atoms with Gasteiger partial charge in [0.05, 0.1) is 5.02 Å². The van der Waals surface area contributed by atoms with Crippen LogP contribution in [-0.2, 0) is 0 Å². The highest BCUT2D eigenvalue weighted by Gasteiger charge is 2.05. The number of aromatic nitrogens is 2. The van der Waals surface area contributed by atoms with Gasteiger partial charge in [0, 0.05) is 18.0 Å². The molecule has 2 aromatic heterocycles. The molecule has 17 heavy (non-hydrogen) atoms. The fourth-order valence-electron chi connectivity index (χ4n) is 1.19. The van der Waals surface area contributed by atoms with E-state index in [-0.39, 0.29) is 5.78 Å². The standard InChI is InChI=1S/C12H9ClN2OS/c1-8(16)9-4-5-11(15-7-9)17-12-10(13)3-2-6-14-12/h2-7H,1H3. The minimum atomic E-state index is 0.00455. The van der Waals surface area contributed by atoms with E-state index in [2.05, 4.69) is 9.97 Å².